The molecule has 0 radical (unpaired) electrons. The van der Waals surface area contributed by atoms with Crippen molar-refractivity contribution in [2.45, 2.75) is 4.90 Å². The van der Waals surface area contributed by atoms with Crippen molar-refractivity contribution < 1.29 is 27.5 Å². The number of amides is 1. The monoisotopic (exact) mass is 301 g/mol. The third-order valence-corrected chi connectivity index (χ3v) is 3.91. The predicted octanol–water partition coefficient (Wildman–Crippen LogP) is 0.600. The Labute approximate surface area is 114 Å². The Hall–Kier alpha value is -2.22. The summed E-state index contributed by atoms with van der Waals surface area (Å²) in [6, 6.07) is 2.34. The quantitative estimate of drug-likeness (QED) is 0.592. The molecular formula is C12H12FNO5S. The van der Waals surface area contributed by atoms with E-state index in [0.29, 0.717) is 6.07 Å². The van der Waals surface area contributed by atoms with E-state index in [9.17, 15) is 22.4 Å². The summed E-state index contributed by atoms with van der Waals surface area (Å²) in [5.74, 6) is -4.25. The molecule has 108 valence electrons. The van der Waals surface area contributed by atoms with Gasteiger partial charge in [0.15, 0.2) is 9.84 Å². The normalized spacial score (nSPS) is 10.8. The Morgan fingerprint density at radius 2 is 2.05 bits per heavy atom. The van der Waals surface area contributed by atoms with Crippen molar-refractivity contribution in [1.29, 1.82) is 0 Å². The van der Waals surface area contributed by atoms with Crippen LogP contribution in [0.25, 0.3) is 0 Å². The molecule has 0 atom stereocenters. The predicted molar refractivity (Wildman–Crippen MR) is 68.6 cm³/mol. The van der Waals surface area contributed by atoms with Crippen LogP contribution in [0.15, 0.2) is 35.7 Å². The fourth-order valence-corrected chi connectivity index (χ4v) is 2.54. The maximum absolute atomic E-state index is 13.2. The van der Waals surface area contributed by atoms with E-state index < -0.39 is 43.7 Å². The van der Waals surface area contributed by atoms with Gasteiger partial charge in [-0.3, -0.25) is 4.79 Å². The van der Waals surface area contributed by atoms with Crippen molar-refractivity contribution in [3.05, 3.63) is 42.2 Å². The van der Waals surface area contributed by atoms with Gasteiger partial charge in [0, 0.05) is 6.54 Å². The first-order valence-electron chi connectivity index (χ1n) is 5.41. The van der Waals surface area contributed by atoms with E-state index in [1.807, 2.05) is 0 Å². The van der Waals surface area contributed by atoms with Crippen molar-refractivity contribution in [3.63, 3.8) is 0 Å². The lowest BCUT2D eigenvalue weighted by molar-refractivity contribution is -0.118. The minimum atomic E-state index is -4.04. The summed E-state index contributed by atoms with van der Waals surface area (Å²) < 4.78 is 37.0. The number of carboxylic acid groups (broad SMARTS) is 1. The number of halogens is 1. The van der Waals surface area contributed by atoms with E-state index in [1.165, 1.54) is 6.08 Å². The number of nitrogens with one attached hydrogen (secondary N) is 1. The average Bonchev–Trinajstić information content (AvgIpc) is 2.35. The van der Waals surface area contributed by atoms with Crippen molar-refractivity contribution in [3.8, 4) is 0 Å². The van der Waals surface area contributed by atoms with E-state index >= 15 is 0 Å². The lowest BCUT2D eigenvalue weighted by Gasteiger charge is -2.06. The molecule has 0 aromatic heterocycles. The highest BCUT2D eigenvalue weighted by molar-refractivity contribution is 7.92. The fraction of sp³-hybridized carbons (Fsp3) is 0.167. The molecule has 0 spiro atoms. The van der Waals surface area contributed by atoms with Gasteiger partial charge in [-0.15, -0.1) is 6.58 Å². The Balaban J connectivity index is 3.04. The topological polar surface area (TPSA) is 101 Å². The maximum Gasteiger partial charge on any atom is 0.338 e. The standard InChI is InChI=1S/C12H12FNO5S/c1-2-5-14-11(15)7-20(18,19)8-3-4-10(13)9(6-8)12(16)17/h2-4,6H,1,5,7H2,(H,14,15)(H,16,17). The molecule has 0 saturated carbocycles. The molecule has 0 unspecified atom stereocenters. The van der Waals surface area contributed by atoms with Gasteiger partial charge in [0.05, 0.1) is 10.5 Å². The average molecular weight is 301 g/mol. The minimum absolute atomic E-state index is 0.109. The van der Waals surface area contributed by atoms with Gasteiger partial charge in [-0.2, -0.15) is 0 Å². The summed E-state index contributed by atoms with van der Waals surface area (Å²) in [7, 11) is -4.04. The number of hydrogen-bond donors (Lipinski definition) is 2. The molecule has 2 N–H and O–H groups in total. The van der Waals surface area contributed by atoms with Gasteiger partial charge >= 0.3 is 5.97 Å². The zero-order chi connectivity index (χ0) is 15.3. The second-order valence-corrected chi connectivity index (χ2v) is 5.79. The van der Waals surface area contributed by atoms with Crippen LogP contribution in [0.5, 0.6) is 0 Å². The first-order chi connectivity index (χ1) is 9.27. The molecule has 1 aromatic rings. The number of carbonyl (C=O) groups is 2. The SMILES string of the molecule is C=CCNC(=O)CS(=O)(=O)c1ccc(F)c(C(=O)O)c1. The summed E-state index contributed by atoms with van der Waals surface area (Å²) in [5.41, 5.74) is -0.766. The van der Waals surface area contributed by atoms with Crippen LogP contribution >= 0.6 is 0 Å². The lowest BCUT2D eigenvalue weighted by Crippen LogP contribution is -2.30. The zero-order valence-electron chi connectivity index (χ0n) is 10.3. The Morgan fingerprint density at radius 3 is 2.60 bits per heavy atom. The molecular weight excluding hydrogens is 289 g/mol. The van der Waals surface area contributed by atoms with Crippen molar-refractivity contribution in [1.82, 2.24) is 5.32 Å². The highest BCUT2D eigenvalue weighted by atomic mass is 32.2. The van der Waals surface area contributed by atoms with Crippen LogP contribution in [0, 0.1) is 5.82 Å². The highest BCUT2D eigenvalue weighted by Gasteiger charge is 2.22. The lowest BCUT2D eigenvalue weighted by atomic mass is 10.2. The van der Waals surface area contributed by atoms with Gasteiger partial charge in [0.1, 0.15) is 11.6 Å². The third-order valence-electron chi connectivity index (χ3n) is 2.29. The largest absolute Gasteiger partial charge is 0.478 e. The second-order valence-electron chi connectivity index (χ2n) is 3.80. The Morgan fingerprint density at radius 1 is 1.40 bits per heavy atom. The van der Waals surface area contributed by atoms with Crippen LogP contribution < -0.4 is 5.32 Å². The van der Waals surface area contributed by atoms with Crippen molar-refractivity contribution >= 4 is 21.7 Å². The van der Waals surface area contributed by atoms with E-state index in [1.54, 1.807) is 0 Å². The molecule has 0 fully saturated rings. The van der Waals surface area contributed by atoms with Crippen LogP contribution in [0.4, 0.5) is 4.39 Å². The number of carbonyl (C=O) groups excluding carboxylic acids is 1. The smallest absolute Gasteiger partial charge is 0.338 e. The van der Waals surface area contributed by atoms with Gasteiger partial charge < -0.3 is 10.4 Å². The second kappa shape index (κ2) is 6.29. The molecule has 1 rings (SSSR count). The van der Waals surface area contributed by atoms with E-state index in [-0.39, 0.29) is 6.54 Å². The molecule has 0 aliphatic carbocycles. The van der Waals surface area contributed by atoms with Crippen LogP contribution in [0.2, 0.25) is 0 Å². The number of aromatic carboxylic acids is 1. The van der Waals surface area contributed by atoms with Crippen LogP contribution in [0.3, 0.4) is 0 Å². The summed E-state index contributed by atoms with van der Waals surface area (Å²) >= 11 is 0. The van der Waals surface area contributed by atoms with E-state index in [4.69, 9.17) is 5.11 Å². The molecule has 0 bridgehead atoms. The summed E-state index contributed by atoms with van der Waals surface area (Å²) in [5, 5.41) is 11.0. The number of rotatable bonds is 6. The van der Waals surface area contributed by atoms with Gasteiger partial charge in [-0.25, -0.2) is 17.6 Å². The highest BCUT2D eigenvalue weighted by Crippen LogP contribution is 2.16. The van der Waals surface area contributed by atoms with Gasteiger partial charge in [-0.1, -0.05) is 6.08 Å². The molecule has 6 nitrogen and oxygen atoms in total. The molecule has 0 aliphatic rings. The number of sulfone groups is 1. The molecule has 1 amide bonds. The maximum atomic E-state index is 13.2. The van der Waals surface area contributed by atoms with E-state index in [0.717, 1.165) is 12.1 Å². The van der Waals surface area contributed by atoms with Gasteiger partial charge in [0.2, 0.25) is 5.91 Å². The van der Waals surface area contributed by atoms with Crippen LogP contribution in [-0.2, 0) is 14.6 Å². The van der Waals surface area contributed by atoms with Crippen molar-refractivity contribution in [2.75, 3.05) is 12.3 Å². The van der Waals surface area contributed by atoms with E-state index in [2.05, 4.69) is 11.9 Å². The molecule has 20 heavy (non-hydrogen) atoms. The van der Waals surface area contributed by atoms with Crippen LogP contribution in [-0.4, -0.2) is 37.7 Å². The molecule has 8 heteroatoms. The molecule has 0 aliphatic heterocycles. The van der Waals surface area contributed by atoms with Crippen molar-refractivity contribution in [2.24, 2.45) is 0 Å². The molecule has 1 aromatic carbocycles. The number of carboxylic acids is 1. The minimum Gasteiger partial charge on any atom is -0.478 e. The first-order valence-corrected chi connectivity index (χ1v) is 7.06. The fourth-order valence-electron chi connectivity index (χ4n) is 1.35. The molecule has 0 heterocycles. The number of hydrogen-bond acceptors (Lipinski definition) is 4. The van der Waals surface area contributed by atoms with Gasteiger partial charge in [-0.05, 0) is 18.2 Å². The first kappa shape index (κ1) is 15.8. The van der Waals surface area contributed by atoms with Gasteiger partial charge in [0.25, 0.3) is 0 Å². The third kappa shape index (κ3) is 3.89. The number of benzene rings is 1. The zero-order valence-corrected chi connectivity index (χ0v) is 11.1. The van der Waals surface area contributed by atoms with Crippen LogP contribution in [0.1, 0.15) is 10.4 Å². The Kier molecular flexibility index (Phi) is 4.98. The summed E-state index contributed by atoms with van der Waals surface area (Å²) in [6.45, 7) is 3.47. The summed E-state index contributed by atoms with van der Waals surface area (Å²) in [6.07, 6.45) is 1.38. The molecule has 0 saturated heterocycles. The Bertz CT molecular complexity index is 654. The summed E-state index contributed by atoms with van der Waals surface area (Å²) in [4.78, 5) is 21.7.